The van der Waals surface area contributed by atoms with E-state index in [0.29, 0.717) is 28.2 Å². The maximum absolute atomic E-state index is 13.0. The summed E-state index contributed by atoms with van der Waals surface area (Å²) in [4.78, 5) is 20.0. The number of amides is 1. The van der Waals surface area contributed by atoms with E-state index in [1.165, 1.54) is 11.8 Å². The van der Waals surface area contributed by atoms with Crippen molar-refractivity contribution in [1.29, 1.82) is 0 Å². The summed E-state index contributed by atoms with van der Waals surface area (Å²) in [5, 5.41) is 0.650. The van der Waals surface area contributed by atoms with E-state index in [2.05, 4.69) is 28.9 Å². The number of carbonyl (C=O) groups is 1. The van der Waals surface area contributed by atoms with Gasteiger partial charge in [0.15, 0.2) is 16.7 Å². The highest BCUT2D eigenvalue weighted by molar-refractivity contribution is 9.10. The largest absolute Gasteiger partial charge is 0.493 e. The standard InChI is InChI=1S/C27H25BrN2O3S/c1-4-19-8-5-6-10-22(19)29-27-30(2)26(31)24(34-27)16-20-9-7-11-23(32-3)25(20)33-17-18-12-14-21(28)15-13-18/h5-16H,4,17H2,1-3H3/b24-16+,29-27?. The zero-order chi connectivity index (χ0) is 24.1. The molecule has 4 rings (SSSR count). The zero-order valence-corrected chi connectivity index (χ0v) is 21.7. The van der Waals surface area contributed by atoms with Crippen LogP contribution in [0.3, 0.4) is 0 Å². The summed E-state index contributed by atoms with van der Waals surface area (Å²) in [5.41, 5.74) is 3.83. The van der Waals surface area contributed by atoms with Gasteiger partial charge in [0.05, 0.1) is 17.7 Å². The number of hydrogen-bond acceptors (Lipinski definition) is 5. The van der Waals surface area contributed by atoms with Crippen molar-refractivity contribution in [2.24, 2.45) is 4.99 Å². The molecular weight excluding hydrogens is 512 g/mol. The summed E-state index contributed by atoms with van der Waals surface area (Å²) in [6.07, 6.45) is 2.72. The predicted molar refractivity (Wildman–Crippen MR) is 143 cm³/mol. The summed E-state index contributed by atoms with van der Waals surface area (Å²) < 4.78 is 12.7. The lowest BCUT2D eigenvalue weighted by molar-refractivity contribution is -0.121. The van der Waals surface area contributed by atoms with Crippen LogP contribution in [0.1, 0.15) is 23.6 Å². The van der Waals surface area contributed by atoms with Crippen molar-refractivity contribution in [2.75, 3.05) is 14.2 Å². The number of carbonyl (C=O) groups excluding carboxylic acids is 1. The summed E-state index contributed by atoms with van der Waals surface area (Å²) in [6.45, 7) is 2.48. The first kappa shape index (κ1) is 24.1. The highest BCUT2D eigenvalue weighted by Gasteiger charge is 2.31. The number of nitrogens with zero attached hydrogens (tertiary/aromatic N) is 2. The van der Waals surface area contributed by atoms with E-state index < -0.39 is 0 Å². The number of rotatable bonds is 7. The number of hydrogen-bond donors (Lipinski definition) is 0. The van der Waals surface area contributed by atoms with E-state index in [1.807, 2.05) is 66.7 Å². The molecule has 7 heteroatoms. The number of aliphatic imine (C=N–C) groups is 1. The Hall–Kier alpha value is -3.03. The summed E-state index contributed by atoms with van der Waals surface area (Å²) in [5.74, 6) is 1.11. The maximum atomic E-state index is 13.0. The quantitative estimate of drug-likeness (QED) is 0.310. The van der Waals surface area contributed by atoms with Crippen molar-refractivity contribution in [1.82, 2.24) is 4.90 Å². The van der Waals surface area contributed by atoms with Gasteiger partial charge in [0.2, 0.25) is 0 Å². The highest BCUT2D eigenvalue weighted by Crippen LogP contribution is 2.38. The zero-order valence-electron chi connectivity index (χ0n) is 19.2. The van der Waals surface area contributed by atoms with Gasteiger partial charge in [0.1, 0.15) is 6.61 Å². The molecule has 174 valence electrons. The number of amidine groups is 1. The second kappa shape index (κ2) is 10.9. The van der Waals surface area contributed by atoms with Crippen molar-refractivity contribution in [3.63, 3.8) is 0 Å². The van der Waals surface area contributed by atoms with Crippen LogP contribution in [-0.2, 0) is 17.8 Å². The van der Waals surface area contributed by atoms with Crippen LogP contribution in [-0.4, -0.2) is 30.1 Å². The molecule has 1 heterocycles. The van der Waals surface area contributed by atoms with Crippen LogP contribution in [0.2, 0.25) is 0 Å². The van der Waals surface area contributed by atoms with E-state index in [-0.39, 0.29) is 5.91 Å². The molecule has 1 saturated heterocycles. The minimum atomic E-state index is -0.0978. The molecule has 0 radical (unpaired) electrons. The van der Waals surface area contributed by atoms with Gasteiger partial charge in [0.25, 0.3) is 5.91 Å². The minimum Gasteiger partial charge on any atom is -0.493 e. The van der Waals surface area contributed by atoms with Crippen LogP contribution >= 0.6 is 27.7 Å². The van der Waals surface area contributed by atoms with E-state index in [1.54, 1.807) is 19.1 Å². The third-order valence-corrected chi connectivity index (χ3v) is 6.99. The molecule has 1 fully saturated rings. The lowest BCUT2D eigenvalue weighted by Crippen LogP contribution is -2.23. The van der Waals surface area contributed by atoms with Gasteiger partial charge in [-0.15, -0.1) is 0 Å². The Bertz CT molecular complexity index is 1250. The Morgan fingerprint density at radius 3 is 2.56 bits per heavy atom. The number of aryl methyl sites for hydroxylation is 1. The molecule has 3 aromatic carbocycles. The summed E-state index contributed by atoms with van der Waals surface area (Å²) >= 11 is 4.81. The van der Waals surface area contributed by atoms with Crippen molar-refractivity contribution < 1.29 is 14.3 Å². The number of para-hydroxylation sites is 2. The van der Waals surface area contributed by atoms with Crippen LogP contribution in [0.25, 0.3) is 6.08 Å². The first-order valence-electron chi connectivity index (χ1n) is 10.9. The molecule has 1 amide bonds. The van der Waals surface area contributed by atoms with Crippen LogP contribution in [0.15, 0.2) is 81.1 Å². The Balaban J connectivity index is 1.63. The number of thioether (sulfide) groups is 1. The molecule has 0 bridgehead atoms. The van der Waals surface area contributed by atoms with Gasteiger partial charge in [-0.1, -0.05) is 65.3 Å². The Morgan fingerprint density at radius 1 is 1.06 bits per heavy atom. The lowest BCUT2D eigenvalue weighted by atomic mass is 10.1. The SMILES string of the molecule is CCc1ccccc1N=C1S/C(=C/c2cccc(OC)c2OCc2ccc(Br)cc2)C(=O)N1C. The minimum absolute atomic E-state index is 0.0978. The molecule has 3 aromatic rings. The average molecular weight is 537 g/mol. The Kier molecular flexibility index (Phi) is 7.75. The molecule has 5 nitrogen and oxygen atoms in total. The van der Waals surface area contributed by atoms with Crippen molar-refractivity contribution >= 4 is 50.5 Å². The lowest BCUT2D eigenvalue weighted by Gasteiger charge is -2.14. The third kappa shape index (κ3) is 5.37. The van der Waals surface area contributed by atoms with Crippen LogP contribution < -0.4 is 9.47 Å². The van der Waals surface area contributed by atoms with Crippen molar-refractivity contribution in [3.8, 4) is 11.5 Å². The second-order valence-electron chi connectivity index (χ2n) is 7.65. The molecule has 34 heavy (non-hydrogen) atoms. The number of ether oxygens (including phenoxy) is 2. The number of methoxy groups -OCH3 is 1. The van der Waals surface area contributed by atoms with Gasteiger partial charge in [-0.25, -0.2) is 4.99 Å². The topological polar surface area (TPSA) is 51.1 Å². The van der Waals surface area contributed by atoms with Gasteiger partial charge >= 0.3 is 0 Å². The fraction of sp³-hybridized carbons (Fsp3) is 0.185. The summed E-state index contributed by atoms with van der Waals surface area (Å²) in [6, 6.07) is 21.6. The van der Waals surface area contributed by atoms with E-state index in [0.717, 1.165) is 33.3 Å². The predicted octanol–water partition coefficient (Wildman–Crippen LogP) is 6.83. The van der Waals surface area contributed by atoms with Gasteiger partial charge < -0.3 is 9.47 Å². The van der Waals surface area contributed by atoms with Crippen LogP contribution in [0.5, 0.6) is 11.5 Å². The maximum Gasteiger partial charge on any atom is 0.266 e. The molecule has 0 aromatic heterocycles. The highest BCUT2D eigenvalue weighted by atomic mass is 79.9. The monoisotopic (exact) mass is 536 g/mol. The van der Waals surface area contributed by atoms with Gasteiger partial charge in [-0.05, 0) is 59.7 Å². The van der Waals surface area contributed by atoms with Gasteiger partial charge in [-0.2, -0.15) is 0 Å². The van der Waals surface area contributed by atoms with Crippen molar-refractivity contribution in [2.45, 2.75) is 20.0 Å². The molecule has 0 unspecified atom stereocenters. The summed E-state index contributed by atoms with van der Waals surface area (Å²) in [7, 11) is 3.36. The van der Waals surface area contributed by atoms with Gasteiger partial charge in [0, 0.05) is 17.1 Å². The second-order valence-corrected chi connectivity index (χ2v) is 9.57. The van der Waals surface area contributed by atoms with E-state index in [9.17, 15) is 4.79 Å². The molecule has 0 atom stereocenters. The van der Waals surface area contributed by atoms with Gasteiger partial charge in [-0.3, -0.25) is 9.69 Å². The third-order valence-electron chi connectivity index (χ3n) is 5.40. The first-order valence-corrected chi connectivity index (χ1v) is 12.5. The number of halogens is 1. The normalized spacial score (nSPS) is 15.9. The Labute approximate surface area is 212 Å². The molecule has 1 aliphatic rings. The fourth-order valence-corrected chi connectivity index (χ4v) is 4.75. The van der Waals surface area contributed by atoms with Crippen molar-refractivity contribution in [3.05, 3.63) is 92.8 Å². The molecular formula is C27H25BrN2O3S. The average Bonchev–Trinajstić information content (AvgIpc) is 3.12. The van der Waals surface area contributed by atoms with Crippen LogP contribution in [0.4, 0.5) is 5.69 Å². The smallest absolute Gasteiger partial charge is 0.266 e. The molecule has 0 aliphatic carbocycles. The molecule has 0 spiro atoms. The Morgan fingerprint density at radius 2 is 1.82 bits per heavy atom. The molecule has 1 aliphatic heterocycles. The first-order chi connectivity index (χ1) is 16.5. The number of benzene rings is 3. The fourth-order valence-electron chi connectivity index (χ4n) is 3.51. The number of likely N-dealkylation sites (N-methyl/N-ethyl adjacent to an activating group) is 1. The van der Waals surface area contributed by atoms with E-state index >= 15 is 0 Å². The molecule has 0 N–H and O–H groups in total. The van der Waals surface area contributed by atoms with E-state index in [4.69, 9.17) is 14.5 Å². The van der Waals surface area contributed by atoms with Crippen LogP contribution in [0, 0.1) is 0 Å². The molecule has 0 saturated carbocycles.